The SMILES string of the molecule is Cc1cccc(/C=N/Nc2cc(N3CCOCC3)n3nc(-c4ccco4)cc3n2)c1. The van der Waals surface area contributed by atoms with Crippen LogP contribution in [0.25, 0.3) is 17.1 Å². The van der Waals surface area contributed by atoms with Gasteiger partial charge in [0, 0.05) is 25.2 Å². The number of hydrogen-bond donors (Lipinski definition) is 1. The zero-order valence-electron chi connectivity index (χ0n) is 16.7. The molecule has 8 nitrogen and oxygen atoms in total. The van der Waals surface area contributed by atoms with Crippen molar-refractivity contribution in [1.82, 2.24) is 14.6 Å². The molecule has 1 saturated heterocycles. The lowest BCUT2D eigenvalue weighted by Gasteiger charge is -2.29. The predicted octanol–water partition coefficient (Wildman–Crippen LogP) is 3.58. The monoisotopic (exact) mass is 402 g/mol. The number of nitrogens with zero attached hydrogens (tertiary/aromatic N) is 5. The zero-order valence-corrected chi connectivity index (χ0v) is 16.7. The van der Waals surface area contributed by atoms with Crippen molar-refractivity contribution in [2.75, 3.05) is 36.6 Å². The molecule has 5 rings (SSSR count). The van der Waals surface area contributed by atoms with Gasteiger partial charge in [-0.05, 0) is 24.6 Å². The highest BCUT2D eigenvalue weighted by Gasteiger charge is 2.18. The van der Waals surface area contributed by atoms with Crippen LogP contribution in [-0.2, 0) is 4.74 Å². The van der Waals surface area contributed by atoms with Crippen molar-refractivity contribution in [2.45, 2.75) is 6.92 Å². The Bertz CT molecular complexity index is 1180. The van der Waals surface area contributed by atoms with Gasteiger partial charge in [0.25, 0.3) is 0 Å². The predicted molar refractivity (Wildman–Crippen MR) is 116 cm³/mol. The number of ether oxygens (including phenoxy) is 1. The van der Waals surface area contributed by atoms with E-state index >= 15 is 0 Å². The molecule has 152 valence electrons. The van der Waals surface area contributed by atoms with E-state index in [2.05, 4.69) is 39.5 Å². The van der Waals surface area contributed by atoms with Crippen molar-refractivity contribution >= 4 is 23.5 Å². The molecule has 0 aliphatic carbocycles. The first-order chi connectivity index (χ1) is 14.8. The molecule has 1 aliphatic rings. The summed E-state index contributed by atoms with van der Waals surface area (Å²) in [5, 5.41) is 9.09. The fraction of sp³-hybridized carbons (Fsp3) is 0.227. The van der Waals surface area contributed by atoms with Gasteiger partial charge in [-0.25, -0.2) is 4.98 Å². The van der Waals surface area contributed by atoms with E-state index < -0.39 is 0 Å². The minimum Gasteiger partial charge on any atom is -0.463 e. The van der Waals surface area contributed by atoms with Crippen molar-refractivity contribution in [3.63, 3.8) is 0 Å². The van der Waals surface area contributed by atoms with Crippen molar-refractivity contribution < 1.29 is 9.15 Å². The fourth-order valence-corrected chi connectivity index (χ4v) is 3.50. The number of hydrazone groups is 1. The highest BCUT2D eigenvalue weighted by atomic mass is 16.5. The van der Waals surface area contributed by atoms with Gasteiger partial charge in [0.1, 0.15) is 11.5 Å². The van der Waals surface area contributed by atoms with E-state index in [0.717, 1.165) is 35.8 Å². The Hall–Kier alpha value is -3.65. The first kappa shape index (κ1) is 18.4. The molecule has 1 fully saturated rings. The normalized spacial score (nSPS) is 14.6. The van der Waals surface area contributed by atoms with Crippen LogP contribution in [0.3, 0.4) is 0 Å². The molecule has 0 radical (unpaired) electrons. The third-order valence-corrected chi connectivity index (χ3v) is 4.95. The molecule has 4 heterocycles. The van der Waals surface area contributed by atoms with Crippen LogP contribution in [0.15, 0.2) is 64.3 Å². The lowest BCUT2D eigenvalue weighted by atomic mass is 10.2. The lowest BCUT2D eigenvalue weighted by Crippen LogP contribution is -2.37. The van der Waals surface area contributed by atoms with Crippen LogP contribution in [0.2, 0.25) is 0 Å². The van der Waals surface area contributed by atoms with E-state index in [4.69, 9.17) is 14.3 Å². The average molecular weight is 402 g/mol. The van der Waals surface area contributed by atoms with E-state index in [1.807, 2.05) is 40.9 Å². The van der Waals surface area contributed by atoms with Crippen molar-refractivity contribution in [3.8, 4) is 11.5 Å². The molecule has 4 aromatic rings. The zero-order chi connectivity index (χ0) is 20.3. The lowest BCUT2D eigenvalue weighted by molar-refractivity contribution is 0.122. The van der Waals surface area contributed by atoms with Crippen molar-refractivity contribution in [3.05, 3.63) is 65.9 Å². The van der Waals surface area contributed by atoms with Gasteiger partial charge in [-0.1, -0.05) is 29.8 Å². The number of fused-ring (bicyclic) bond motifs is 1. The smallest absolute Gasteiger partial charge is 0.160 e. The van der Waals surface area contributed by atoms with Gasteiger partial charge in [-0.3, -0.25) is 5.43 Å². The van der Waals surface area contributed by atoms with Gasteiger partial charge < -0.3 is 14.1 Å². The van der Waals surface area contributed by atoms with Crippen molar-refractivity contribution in [1.29, 1.82) is 0 Å². The maximum atomic E-state index is 5.51. The van der Waals surface area contributed by atoms with Crippen LogP contribution in [0.5, 0.6) is 0 Å². The molecular weight excluding hydrogens is 380 g/mol. The van der Waals surface area contributed by atoms with Gasteiger partial charge >= 0.3 is 0 Å². The summed E-state index contributed by atoms with van der Waals surface area (Å²) >= 11 is 0. The summed E-state index contributed by atoms with van der Waals surface area (Å²) < 4.78 is 12.9. The maximum absolute atomic E-state index is 5.51. The quantitative estimate of drug-likeness (QED) is 0.406. The van der Waals surface area contributed by atoms with Crippen LogP contribution >= 0.6 is 0 Å². The molecule has 1 aromatic carbocycles. The first-order valence-electron chi connectivity index (χ1n) is 9.89. The third kappa shape index (κ3) is 3.77. The summed E-state index contributed by atoms with van der Waals surface area (Å²) in [5.41, 5.74) is 6.74. The van der Waals surface area contributed by atoms with Crippen LogP contribution < -0.4 is 10.3 Å². The van der Waals surface area contributed by atoms with Crippen LogP contribution in [-0.4, -0.2) is 47.1 Å². The fourth-order valence-electron chi connectivity index (χ4n) is 3.50. The van der Waals surface area contributed by atoms with E-state index in [9.17, 15) is 0 Å². The Kier molecular flexibility index (Phi) is 4.90. The number of anilines is 2. The summed E-state index contributed by atoms with van der Waals surface area (Å²) in [6, 6.07) is 15.8. The van der Waals surface area contributed by atoms with Crippen molar-refractivity contribution in [2.24, 2.45) is 5.10 Å². The highest BCUT2D eigenvalue weighted by molar-refractivity contribution is 5.80. The van der Waals surface area contributed by atoms with Gasteiger partial charge in [-0.15, -0.1) is 0 Å². The number of hydrogen-bond acceptors (Lipinski definition) is 7. The molecule has 30 heavy (non-hydrogen) atoms. The molecule has 0 bridgehead atoms. The van der Waals surface area contributed by atoms with Gasteiger partial charge in [0.05, 0.1) is 25.7 Å². The first-order valence-corrected chi connectivity index (χ1v) is 9.89. The average Bonchev–Trinajstić information content (AvgIpc) is 3.44. The van der Waals surface area contributed by atoms with Crippen LogP contribution in [0.1, 0.15) is 11.1 Å². The van der Waals surface area contributed by atoms with Gasteiger partial charge in [0.15, 0.2) is 17.2 Å². The Labute approximate surface area is 173 Å². The number of aromatic nitrogens is 3. The van der Waals surface area contributed by atoms with Gasteiger partial charge in [0.2, 0.25) is 0 Å². The number of benzene rings is 1. The summed E-state index contributed by atoms with van der Waals surface area (Å²) in [5.74, 6) is 2.30. The Morgan fingerprint density at radius 3 is 2.80 bits per heavy atom. The number of rotatable bonds is 5. The Morgan fingerprint density at radius 1 is 1.10 bits per heavy atom. The minimum absolute atomic E-state index is 0.652. The minimum atomic E-state index is 0.652. The van der Waals surface area contributed by atoms with E-state index in [-0.39, 0.29) is 0 Å². The van der Waals surface area contributed by atoms with E-state index in [0.29, 0.717) is 24.8 Å². The number of aryl methyl sites for hydroxylation is 1. The van der Waals surface area contributed by atoms with Gasteiger partial charge in [-0.2, -0.15) is 14.7 Å². The molecule has 0 amide bonds. The number of nitrogens with one attached hydrogen (secondary N) is 1. The van der Waals surface area contributed by atoms with E-state index in [1.54, 1.807) is 12.5 Å². The molecular formula is C22H22N6O2. The van der Waals surface area contributed by atoms with E-state index in [1.165, 1.54) is 5.56 Å². The number of morpholine rings is 1. The summed E-state index contributed by atoms with van der Waals surface area (Å²) in [6.45, 7) is 5.02. The standard InChI is InChI=1S/C22H22N6O2/c1-16-4-2-5-17(12-16)15-23-25-20-14-22(27-7-10-29-11-8-27)28-21(24-20)13-18(26-28)19-6-3-9-30-19/h2-6,9,12-15H,7-8,10-11H2,1H3,(H,24,25)/b23-15+. The summed E-state index contributed by atoms with van der Waals surface area (Å²) in [6.07, 6.45) is 3.43. The number of furan rings is 1. The summed E-state index contributed by atoms with van der Waals surface area (Å²) in [4.78, 5) is 6.93. The molecule has 0 saturated carbocycles. The molecule has 0 spiro atoms. The third-order valence-electron chi connectivity index (χ3n) is 4.95. The molecule has 1 aliphatic heterocycles. The van der Waals surface area contributed by atoms with Crippen LogP contribution in [0, 0.1) is 6.92 Å². The second kappa shape index (κ2) is 8.00. The highest BCUT2D eigenvalue weighted by Crippen LogP contribution is 2.26. The second-order valence-electron chi connectivity index (χ2n) is 7.16. The molecule has 0 atom stereocenters. The molecule has 0 unspecified atom stereocenters. The summed E-state index contributed by atoms with van der Waals surface area (Å²) in [7, 11) is 0. The topological polar surface area (TPSA) is 80.2 Å². The Morgan fingerprint density at radius 2 is 2.00 bits per heavy atom. The largest absolute Gasteiger partial charge is 0.463 e. The molecule has 8 heteroatoms. The molecule has 1 N–H and O–H groups in total. The molecule has 3 aromatic heterocycles. The second-order valence-corrected chi connectivity index (χ2v) is 7.16. The Balaban J connectivity index is 1.50. The van der Waals surface area contributed by atoms with Crippen LogP contribution in [0.4, 0.5) is 11.6 Å². The maximum Gasteiger partial charge on any atom is 0.160 e.